The van der Waals surface area contributed by atoms with E-state index in [-0.39, 0.29) is 5.56 Å². The Morgan fingerprint density at radius 3 is 2.45 bits per heavy atom. The maximum atomic E-state index is 12.9. The standard InChI is InChI=1S/C23H23N3O5/c1-4-24-23(29)26-21(27)14(2)31-22(28)18-13-20(15-9-11-16(30-3)12-10-15)25-19-8-6-5-7-17(18)19/h5-14H,4H2,1-3H3,(H2,24,26,27,29). The van der Waals surface area contributed by atoms with Gasteiger partial charge in [0, 0.05) is 17.5 Å². The summed E-state index contributed by atoms with van der Waals surface area (Å²) in [6.07, 6.45) is -1.16. The summed E-state index contributed by atoms with van der Waals surface area (Å²) in [4.78, 5) is 41.2. The fraction of sp³-hybridized carbons (Fsp3) is 0.217. The summed E-state index contributed by atoms with van der Waals surface area (Å²) in [5.74, 6) is -0.698. The number of fused-ring (bicyclic) bond motifs is 1. The molecule has 0 spiro atoms. The zero-order valence-electron chi connectivity index (χ0n) is 17.5. The third-order valence-corrected chi connectivity index (χ3v) is 4.55. The number of urea groups is 1. The van der Waals surface area contributed by atoms with Gasteiger partial charge in [-0.15, -0.1) is 0 Å². The fourth-order valence-electron chi connectivity index (χ4n) is 2.95. The number of aromatic nitrogens is 1. The molecule has 8 heteroatoms. The van der Waals surface area contributed by atoms with Crippen molar-refractivity contribution >= 4 is 28.8 Å². The highest BCUT2D eigenvalue weighted by Gasteiger charge is 2.22. The van der Waals surface area contributed by atoms with Gasteiger partial charge in [-0.2, -0.15) is 0 Å². The van der Waals surface area contributed by atoms with E-state index in [1.165, 1.54) is 6.92 Å². The number of hydrogen-bond acceptors (Lipinski definition) is 6. The van der Waals surface area contributed by atoms with Crippen LogP contribution < -0.4 is 15.4 Å². The maximum Gasteiger partial charge on any atom is 0.339 e. The highest BCUT2D eigenvalue weighted by atomic mass is 16.5. The van der Waals surface area contributed by atoms with Crippen LogP contribution in [0.4, 0.5) is 4.79 Å². The molecular weight excluding hydrogens is 398 g/mol. The van der Waals surface area contributed by atoms with Gasteiger partial charge in [-0.05, 0) is 50.2 Å². The van der Waals surface area contributed by atoms with Crippen LogP contribution in [0.5, 0.6) is 5.75 Å². The molecule has 0 aliphatic heterocycles. The van der Waals surface area contributed by atoms with E-state index in [2.05, 4.69) is 15.6 Å². The second-order valence-corrected chi connectivity index (χ2v) is 6.70. The average molecular weight is 421 g/mol. The molecule has 3 rings (SSSR count). The SMILES string of the molecule is CCNC(=O)NC(=O)C(C)OC(=O)c1cc(-c2ccc(OC)cc2)nc2ccccc12. The van der Waals surface area contributed by atoms with Crippen molar-refractivity contribution in [2.24, 2.45) is 0 Å². The third-order valence-electron chi connectivity index (χ3n) is 4.55. The largest absolute Gasteiger partial charge is 0.497 e. The first kappa shape index (κ1) is 21.8. The smallest absolute Gasteiger partial charge is 0.339 e. The number of benzene rings is 2. The number of nitrogens with zero attached hydrogens (tertiary/aromatic N) is 1. The van der Waals surface area contributed by atoms with Crippen LogP contribution in [-0.2, 0) is 9.53 Å². The minimum absolute atomic E-state index is 0.272. The van der Waals surface area contributed by atoms with Crippen LogP contribution in [0, 0.1) is 0 Å². The quantitative estimate of drug-likeness (QED) is 0.592. The van der Waals surface area contributed by atoms with Gasteiger partial charge in [0.05, 0.1) is 23.9 Å². The minimum Gasteiger partial charge on any atom is -0.497 e. The Bertz CT molecular complexity index is 1110. The Balaban J connectivity index is 1.90. The maximum absolute atomic E-state index is 12.9. The van der Waals surface area contributed by atoms with Crippen LogP contribution in [0.2, 0.25) is 0 Å². The summed E-state index contributed by atoms with van der Waals surface area (Å²) < 4.78 is 10.5. The van der Waals surface area contributed by atoms with E-state index in [0.29, 0.717) is 28.9 Å². The van der Waals surface area contributed by atoms with E-state index in [4.69, 9.17) is 9.47 Å². The van der Waals surface area contributed by atoms with Gasteiger partial charge >= 0.3 is 12.0 Å². The molecule has 1 heterocycles. The van der Waals surface area contributed by atoms with Crippen LogP contribution in [0.1, 0.15) is 24.2 Å². The number of nitrogens with one attached hydrogen (secondary N) is 2. The summed E-state index contributed by atoms with van der Waals surface area (Å²) in [6, 6.07) is 15.4. The summed E-state index contributed by atoms with van der Waals surface area (Å²) >= 11 is 0. The van der Waals surface area contributed by atoms with Crippen molar-refractivity contribution in [1.82, 2.24) is 15.6 Å². The van der Waals surface area contributed by atoms with Crippen molar-refractivity contribution in [3.05, 3.63) is 60.2 Å². The molecule has 0 aliphatic carbocycles. The number of carbonyl (C=O) groups is 3. The highest BCUT2D eigenvalue weighted by molar-refractivity contribution is 6.06. The lowest BCUT2D eigenvalue weighted by Crippen LogP contribution is -2.44. The molecule has 160 valence electrons. The lowest BCUT2D eigenvalue weighted by molar-refractivity contribution is -0.127. The van der Waals surface area contributed by atoms with E-state index in [1.807, 2.05) is 18.2 Å². The molecule has 0 aliphatic rings. The molecule has 3 amide bonds. The van der Waals surface area contributed by atoms with Gasteiger partial charge in [0.2, 0.25) is 0 Å². The van der Waals surface area contributed by atoms with Crippen LogP contribution in [0.3, 0.4) is 0 Å². The van der Waals surface area contributed by atoms with Crippen molar-refractivity contribution in [3.63, 3.8) is 0 Å². The first-order valence-corrected chi connectivity index (χ1v) is 9.76. The number of esters is 1. The molecule has 31 heavy (non-hydrogen) atoms. The molecule has 1 atom stereocenters. The molecule has 0 bridgehead atoms. The van der Waals surface area contributed by atoms with Crippen molar-refractivity contribution in [3.8, 4) is 17.0 Å². The molecule has 2 N–H and O–H groups in total. The predicted molar refractivity (Wildman–Crippen MR) is 116 cm³/mol. The average Bonchev–Trinajstić information content (AvgIpc) is 2.78. The molecule has 3 aromatic rings. The van der Waals surface area contributed by atoms with Gasteiger partial charge in [-0.25, -0.2) is 14.6 Å². The van der Waals surface area contributed by atoms with E-state index < -0.39 is 24.0 Å². The molecule has 2 aromatic carbocycles. The van der Waals surface area contributed by atoms with Crippen molar-refractivity contribution in [2.75, 3.05) is 13.7 Å². The Kier molecular flexibility index (Phi) is 6.81. The Morgan fingerprint density at radius 1 is 1.06 bits per heavy atom. The van der Waals surface area contributed by atoms with Gasteiger partial charge in [0.1, 0.15) is 5.75 Å². The number of methoxy groups -OCH3 is 1. The number of amides is 3. The second kappa shape index (κ2) is 9.71. The van der Waals surface area contributed by atoms with E-state index in [1.54, 1.807) is 50.4 Å². The number of pyridine rings is 1. The number of imide groups is 1. The monoisotopic (exact) mass is 421 g/mol. The van der Waals surface area contributed by atoms with Crippen LogP contribution in [-0.4, -0.2) is 42.7 Å². The van der Waals surface area contributed by atoms with Crippen LogP contribution >= 0.6 is 0 Å². The summed E-state index contributed by atoms with van der Waals surface area (Å²) in [7, 11) is 1.58. The Hall–Kier alpha value is -3.94. The third kappa shape index (κ3) is 5.16. The van der Waals surface area contributed by atoms with Crippen molar-refractivity contribution < 1.29 is 23.9 Å². The highest BCUT2D eigenvalue weighted by Crippen LogP contribution is 2.27. The fourth-order valence-corrected chi connectivity index (χ4v) is 2.95. The molecule has 1 aromatic heterocycles. The first-order chi connectivity index (χ1) is 14.9. The Labute approximate surface area is 179 Å². The molecule has 0 saturated heterocycles. The van der Waals surface area contributed by atoms with E-state index in [0.717, 1.165) is 5.56 Å². The minimum atomic E-state index is -1.16. The number of hydrogen-bond donors (Lipinski definition) is 2. The van der Waals surface area contributed by atoms with Gasteiger partial charge in [-0.1, -0.05) is 18.2 Å². The van der Waals surface area contributed by atoms with Gasteiger partial charge in [0.25, 0.3) is 5.91 Å². The number of para-hydroxylation sites is 1. The zero-order valence-corrected chi connectivity index (χ0v) is 17.5. The van der Waals surface area contributed by atoms with Gasteiger partial charge < -0.3 is 14.8 Å². The lowest BCUT2D eigenvalue weighted by atomic mass is 10.0. The van der Waals surface area contributed by atoms with E-state index in [9.17, 15) is 14.4 Å². The second-order valence-electron chi connectivity index (χ2n) is 6.70. The number of ether oxygens (including phenoxy) is 2. The van der Waals surface area contributed by atoms with Crippen molar-refractivity contribution in [1.29, 1.82) is 0 Å². The van der Waals surface area contributed by atoms with Crippen LogP contribution in [0.25, 0.3) is 22.2 Å². The predicted octanol–water partition coefficient (Wildman–Crippen LogP) is 3.30. The molecule has 0 saturated carbocycles. The topological polar surface area (TPSA) is 107 Å². The molecule has 1 unspecified atom stereocenters. The Morgan fingerprint density at radius 2 is 1.77 bits per heavy atom. The number of carbonyl (C=O) groups excluding carboxylic acids is 3. The molecular formula is C23H23N3O5. The lowest BCUT2D eigenvalue weighted by Gasteiger charge is -2.15. The van der Waals surface area contributed by atoms with E-state index >= 15 is 0 Å². The van der Waals surface area contributed by atoms with Crippen LogP contribution in [0.15, 0.2) is 54.6 Å². The van der Waals surface area contributed by atoms with Crippen molar-refractivity contribution in [2.45, 2.75) is 20.0 Å². The summed E-state index contributed by atoms with van der Waals surface area (Å²) in [5, 5.41) is 5.18. The first-order valence-electron chi connectivity index (χ1n) is 9.76. The summed E-state index contributed by atoms with van der Waals surface area (Å²) in [5.41, 5.74) is 2.26. The normalized spacial score (nSPS) is 11.5. The summed E-state index contributed by atoms with van der Waals surface area (Å²) in [6.45, 7) is 3.49. The zero-order chi connectivity index (χ0) is 22.4. The molecule has 0 fully saturated rings. The number of rotatable bonds is 6. The molecule has 8 nitrogen and oxygen atoms in total. The van der Waals surface area contributed by atoms with Gasteiger partial charge in [-0.3, -0.25) is 10.1 Å². The van der Waals surface area contributed by atoms with Gasteiger partial charge in [0.15, 0.2) is 6.10 Å². The molecule has 0 radical (unpaired) electrons.